The largest absolute Gasteiger partial charge is 0.391 e. The van der Waals surface area contributed by atoms with Gasteiger partial charge in [0.2, 0.25) is 5.91 Å². The number of carbonyl (C=O) groups excluding carboxylic acids is 1. The smallest absolute Gasteiger partial charge is 0.236 e. The van der Waals surface area contributed by atoms with Gasteiger partial charge in [-0.3, -0.25) is 14.6 Å². The molecule has 0 bridgehead atoms. The first-order valence-electron chi connectivity index (χ1n) is 10.0. The minimum absolute atomic E-state index is 0.129. The molecule has 26 heavy (non-hydrogen) atoms. The van der Waals surface area contributed by atoms with Crippen molar-refractivity contribution in [3.05, 3.63) is 35.4 Å². The fourth-order valence-electron chi connectivity index (χ4n) is 4.45. The summed E-state index contributed by atoms with van der Waals surface area (Å²) in [4.78, 5) is 19.4. The van der Waals surface area contributed by atoms with E-state index in [2.05, 4.69) is 41.0 Å². The Kier molecular flexibility index (Phi) is 5.04. The highest BCUT2D eigenvalue weighted by Gasteiger charge is 2.54. The molecule has 1 N–H and O–H groups in total. The average molecular weight is 357 g/mol. The van der Waals surface area contributed by atoms with Gasteiger partial charge in [0.15, 0.2) is 0 Å². The monoisotopic (exact) mass is 357 g/mol. The number of rotatable bonds is 4. The molecular weight excluding hydrogens is 326 g/mol. The number of aryl methyl sites for hydroxylation is 1. The molecule has 2 heterocycles. The first-order chi connectivity index (χ1) is 12.5. The van der Waals surface area contributed by atoms with Crippen molar-refractivity contribution >= 4 is 5.91 Å². The lowest BCUT2D eigenvalue weighted by molar-refractivity contribution is -0.132. The lowest BCUT2D eigenvalue weighted by Gasteiger charge is -2.24. The van der Waals surface area contributed by atoms with Crippen LogP contribution in [-0.2, 0) is 11.3 Å². The van der Waals surface area contributed by atoms with Crippen LogP contribution < -0.4 is 0 Å². The maximum Gasteiger partial charge on any atom is 0.236 e. The van der Waals surface area contributed by atoms with E-state index in [1.54, 1.807) is 0 Å². The van der Waals surface area contributed by atoms with E-state index in [9.17, 15) is 9.90 Å². The Morgan fingerprint density at radius 1 is 1.12 bits per heavy atom. The summed E-state index contributed by atoms with van der Waals surface area (Å²) in [5.41, 5.74) is 2.77. The molecule has 5 nitrogen and oxygen atoms in total. The molecule has 1 atom stereocenters. The Morgan fingerprint density at radius 2 is 1.88 bits per heavy atom. The van der Waals surface area contributed by atoms with Crippen LogP contribution in [0.4, 0.5) is 0 Å². The van der Waals surface area contributed by atoms with Gasteiger partial charge in [-0.25, -0.2) is 0 Å². The molecule has 2 aliphatic heterocycles. The van der Waals surface area contributed by atoms with Crippen molar-refractivity contribution in [1.29, 1.82) is 0 Å². The molecule has 142 valence electrons. The number of likely N-dealkylation sites (tertiary alicyclic amines) is 1. The molecule has 1 aromatic rings. The Morgan fingerprint density at radius 3 is 2.58 bits per heavy atom. The molecule has 1 aromatic carbocycles. The summed E-state index contributed by atoms with van der Waals surface area (Å²) in [6, 6.07) is 8.74. The predicted molar refractivity (Wildman–Crippen MR) is 102 cm³/mol. The summed E-state index contributed by atoms with van der Waals surface area (Å²) in [5, 5.41) is 10.2. The van der Waals surface area contributed by atoms with Gasteiger partial charge in [-0.05, 0) is 31.7 Å². The molecule has 1 unspecified atom stereocenters. The Hall–Kier alpha value is -1.43. The lowest BCUT2D eigenvalue weighted by Crippen LogP contribution is -2.41. The van der Waals surface area contributed by atoms with E-state index < -0.39 is 0 Å². The van der Waals surface area contributed by atoms with Crippen molar-refractivity contribution in [3.8, 4) is 0 Å². The third kappa shape index (κ3) is 3.95. The van der Waals surface area contributed by atoms with Gasteiger partial charge in [-0.1, -0.05) is 29.8 Å². The van der Waals surface area contributed by atoms with Crippen LogP contribution in [0, 0.1) is 12.3 Å². The second-order valence-electron chi connectivity index (χ2n) is 8.54. The minimum atomic E-state index is -0.232. The number of benzene rings is 1. The van der Waals surface area contributed by atoms with Crippen molar-refractivity contribution in [1.82, 2.24) is 14.7 Å². The zero-order valence-electron chi connectivity index (χ0n) is 15.9. The van der Waals surface area contributed by atoms with Crippen LogP contribution >= 0.6 is 0 Å². The molecule has 1 saturated carbocycles. The van der Waals surface area contributed by atoms with Crippen LogP contribution in [0.1, 0.15) is 30.4 Å². The highest BCUT2D eigenvalue weighted by molar-refractivity contribution is 5.78. The summed E-state index contributed by atoms with van der Waals surface area (Å²) in [7, 11) is 0. The predicted octanol–water partition coefficient (Wildman–Crippen LogP) is 1.49. The van der Waals surface area contributed by atoms with Crippen LogP contribution in [-0.4, -0.2) is 77.6 Å². The number of β-amino-alcohol motifs (C(OH)–C–C–N with tert-alkyl or cyclic N) is 1. The van der Waals surface area contributed by atoms with Crippen molar-refractivity contribution < 1.29 is 9.90 Å². The molecule has 4 rings (SSSR count). The third-order valence-corrected chi connectivity index (χ3v) is 6.40. The van der Waals surface area contributed by atoms with Gasteiger partial charge in [0.1, 0.15) is 0 Å². The maximum atomic E-state index is 12.7. The summed E-state index contributed by atoms with van der Waals surface area (Å²) < 4.78 is 0. The lowest BCUT2D eigenvalue weighted by atomic mass is 10.0. The highest BCUT2D eigenvalue weighted by Crippen LogP contribution is 2.52. The number of hydrogen-bond donors (Lipinski definition) is 1. The van der Waals surface area contributed by atoms with E-state index in [1.807, 2.05) is 4.90 Å². The second kappa shape index (κ2) is 7.29. The fraction of sp³-hybridized carbons (Fsp3) is 0.667. The van der Waals surface area contributed by atoms with Gasteiger partial charge in [-0.2, -0.15) is 0 Å². The standard InChI is InChI=1S/C21H31N3O2/c1-17-3-5-18(6-4-17)13-22-9-2-10-24(12-11-22)20(26)15-23-14-19(25)21(16-23)7-8-21/h3-6,19,25H,2,7-16H2,1H3. The molecular formula is C21H31N3O2. The molecule has 1 spiro atoms. The fourth-order valence-corrected chi connectivity index (χ4v) is 4.45. The molecule has 1 amide bonds. The molecule has 0 radical (unpaired) electrons. The van der Waals surface area contributed by atoms with Gasteiger partial charge in [-0.15, -0.1) is 0 Å². The van der Waals surface area contributed by atoms with Crippen molar-refractivity contribution in [2.45, 2.75) is 38.8 Å². The third-order valence-electron chi connectivity index (χ3n) is 6.40. The minimum Gasteiger partial charge on any atom is -0.391 e. The summed E-state index contributed by atoms with van der Waals surface area (Å²) in [5.74, 6) is 0.229. The Balaban J connectivity index is 1.26. The number of amides is 1. The molecule has 5 heteroatoms. The van der Waals surface area contributed by atoms with Crippen LogP contribution in [0.2, 0.25) is 0 Å². The normalized spacial score (nSPS) is 26.2. The highest BCUT2D eigenvalue weighted by atomic mass is 16.3. The van der Waals surface area contributed by atoms with E-state index in [4.69, 9.17) is 0 Å². The van der Waals surface area contributed by atoms with E-state index in [-0.39, 0.29) is 17.4 Å². The number of carbonyl (C=O) groups is 1. The number of hydrogen-bond acceptors (Lipinski definition) is 4. The summed E-state index contributed by atoms with van der Waals surface area (Å²) >= 11 is 0. The molecule has 2 saturated heterocycles. The van der Waals surface area contributed by atoms with Gasteiger partial charge in [0.25, 0.3) is 0 Å². The zero-order chi connectivity index (χ0) is 18.1. The van der Waals surface area contributed by atoms with Gasteiger partial charge in [0, 0.05) is 51.2 Å². The van der Waals surface area contributed by atoms with Gasteiger partial charge >= 0.3 is 0 Å². The zero-order valence-corrected chi connectivity index (χ0v) is 15.9. The average Bonchev–Trinajstić information content (AvgIpc) is 3.36. The number of aliphatic hydroxyl groups is 1. The SMILES string of the molecule is Cc1ccc(CN2CCCN(C(=O)CN3CC(O)C4(CC4)C3)CC2)cc1. The van der Waals surface area contributed by atoms with Gasteiger partial charge < -0.3 is 10.0 Å². The molecule has 0 aromatic heterocycles. The first-order valence-corrected chi connectivity index (χ1v) is 10.0. The van der Waals surface area contributed by atoms with Crippen LogP contribution in [0.3, 0.4) is 0 Å². The first kappa shape index (κ1) is 18.0. The molecule has 3 fully saturated rings. The number of nitrogens with zero attached hydrogens (tertiary/aromatic N) is 3. The molecule has 3 aliphatic rings. The van der Waals surface area contributed by atoms with Crippen molar-refractivity contribution in [3.63, 3.8) is 0 Å². The van der Waals surface area contributed by atoms with Crippen molar-refractivity contribution in [2.24, 2.45) is 5.41 Å². The second-order valence-corrected chi connectivity index (χ2v) is 8.54. The van der Waals surface area contributed by atoms with E-state index >= 15 is 0 Å². The van der Waals surface area contributed by atoms with Crippen molar-refractivity contribution in [2.75, 3.05) is 45.8 Å². The van der Waals surface area contributed by atoms with E-state index in [0.29, 0.717) is 13.1 Å². The summed E-state index contributed by atoms with van der Waals surface area (Å²) in [6.07, 6.45) is 3.04. The van der Waals surface area contributed by atoms with E-state index in [1.165, 1.54) is 11.1 Å². The Labute approximate surface area is 156 Å². The van der Waals surface area contributed by atoms with Crippen LogP contribution in [0.5, 0.6) is 0 Å². The van der Waals surface area contributed by atoms with Gasteiger partial charge in [0.05, 0.1) is 12.6 Å². The van der Waals surface area contributed by atoms with E-state index in [0.717, 1.165) is 58.5 Å². The quantitative estimate of drug-likeness (QED) is 0.887. The topological polar surface area (TPSA) is 47.0 Å². The maximum absolute atomic E-state index is 12.7. The Bertz CT molecular complexity index is 641. The molecule has 1 aliphatic carbocycles. The van der Waals surface area contributed by atoms with Crippen LogP contribution in [0.15, 0.2) is 24.3 Å². The van der Waals surface area contributed by atoms with Crippen LogP contribution in [0.25, 0.3) is 0 Å². The number of aliphatic hydroxyl groups excluding tert-OH is 1. The summed E-state index contributed by atoms with van der Waals surface area (Å²) in [6.45, 7) is 8.75.